The minimum atomic E-state index is -0.944. The molecule has 0 radical (unpaired) electrons. The minimum Gasteiger partial charge on any atom is -0.481 e. The maximum absolute atomic E-state index is 12.2. The van der Waals surface area contributed by atoms with Crippen molar-refractivity contribution in [3.05, 3.63) is 90.0 Å². The lowest BCUT2D eigenvalue weighted by atomic mass is 9.99. The van der Waals surface area contributed by atoms with Crippen LogP contribution in [0.3, 0.4) is 0 Å². The summed E-state index contributed by atoms with van der Waals surface area (Å²) < 4.78 is 5.49. The molecular formula is C29H30N4O4. The molecule has 37 heavy (non-hydrogen) atoms. The molecule has 0 aliphatic rings. The number of carbonyl (C=O) groups is 2. The van der Waals surface area contributed by atoms with E-state index in [4.69, 9.17) is 9.63 Å². The van der Waals surface area contributed by atoms with Crippen LogP contribution in [0.25, 0.3) is 22.8 Å². The van der Waals surface area contributed by atoms with Gasteiger partial charge >= 0.3 is 5.97 Å². The number of hydrogen-bond acceptors (Lipinski definition) is 6. The molecule has 3 aromatic carbocycles. The van der Waals surface area contributed by atoms with E-state index in [-0.39, 0.29) is 24.9 Å². The van der Waals surface area contributed by atoms with Crippen molar-refractivity contribution in [1.82, 2.24) is 15.5 Å². The molecule has 1 aromatic heterocycles. The van der Waals surface area contributed by atoms with E-state index in [0.717, 1.165) is 41.6 Å². The van der Waals surface area contributed by atoms with E-state index in [1.165, 1.54) is 0 Å². The normalized spacial score (nSPS) is 11.6. The summed E-state index contributed by atoms with van der Waals surface area (Å²) in [6.45, 7) is 2.26. The minimum absolute atomic E-state index is 0.0896. The molecule has 4 rings (SSSR count). The van der Waals surface area contributed by atoms with Gasteiger partial charge in [0.15, 0.2) is 0 Å². The smallest absolute Gasteiger partial charge is 0.305 e. The van der Waals surface area contributed by atoms with Crippen LogP contribution in [0, 0.1) is 0 Å². The third-order valence-corrected chi connectivity index (χ3v) is 5.98. The lowest BCUT2D eigenvalue weighted by Crippen LogP contribution is -2.25. The average molecular weight is 499 g/mol. The number of benzene rings is 3. The Balaban J connectivity index is 1.43. The van der Waals surface area contributed by atoms with Crippen molar-refractivity contribution in [3.8, 4) is 22.8 Å². The zero-order valence-electron chi connectivity index (χ0n) is 20.7. The maximum Gasteiger partial charge on any atom is 0.305 e. The zero-order valence-corrected chi connectivity index (χ0v) is 20.7. The molecule has 1 atom stereocenters. The first-order valence-electron chi connectivity index (χ1n) is 12.4. The molecule has 0 saturated heterocycles. The summed E-state index contributed by atoms with van der Waals surface area (Å²) in [5, 5.41) is 19.0. The van der Waals surface area contributed by atoms with Gasteiger partial charge in [0.25, 0.3) is 11.8 Å². The van der Waals surface area contributed by atoms with E-state index in [2.05, 4.69) is 39.8 Å². The highest BCUT2D eigenvalue weighted by Gasteiger charge is 2.15. The Kier molecular flexibility index (Phi) is 8.65. The first-order chi connectivity index (χ1) is 18.0. The molecule has 0 spiro atoms. The zero-order chi connectivity index (χ0) is 26.0. The topological polar surface area (TPSA) is 117 Å². The number of aliphatic carboxylic acids is 1. The van der Waals surface area contributed by atoms with Gasteiger partial charge < -0.3 is 20.3 Å². The molecule has 190 valence electrons. The van der Waals surface area contributed by atoms with E-state index in [1.807, 2.05) is 54.6 Å². The number of nitrogens with one attached hydrogen (secondary N) is 2. The largest absolute Gasteiger partial charge is 0.481 e. The number of carboxylic acid groups (broad SMARTS) is 1. The van der Waals surface area contributed by atoms with Crippen molar-refractivity contribution in [2.75, 3.05) is 11.9 Å². The first-order valence-corrected chi connectivity index (χ1v) is 12.4. The summed E-state index contributed by atoms with van der Waals surface area (Å²) in [6.07, 6.45) is 2.99. The van der Waals surface area contributed by atoms with Gasteiger partial charge in [0.1, 0.15) is 0 Å². The second-order valence-electron chi connectivity index (χ2n) is 8.73. The van der Waals surface area contributed by atoms with Crippen molar-refractivity contribution in [3.63, 3.8) is 0 Å². The molecule has 1 unspecified atom stereocenters. The second kappa shape index (κ2) is 12.5. The van der Waals surface area contributed by atoms with Gasteiger partial charge in [0, 0.05) is 28.9 Å². The molecular weight excluding hydrogens is 468 g/mol. The van der Waals surface area contributed by atoms with Crippen molar-refractivity contribution in [2.45, 2.75) is 38.6 Å². The van der Waals surface area contributed by atoms with Gasteiger partial charge in [-0.15, -0.1) is 0 Å². The quantitative estimate of drug-likeness (QED) is 0.221. The number of carbonyl (C=O) groups excluding carboxylic acids is 1. The van der Waals surface area contributed by atoms with Crippen LogP contribution < -0.4 is 10.6 Å². The van der Waals surface area contributed by atoms with Crippen LogP contribution in [-0.2, 0) is 4.79 Å². The molecule has 0 saturated carbocycles. The summed E-state index contributed by atoms with van der Waals surface area (Å²) in [4.78, 5) is 27.4. The van der Waals surface area contributed by atoms with Crippen LogP contribution in [0.4, 0.5) is 5.69 Å². The van der Waals surface area contributed by atoms with E-state index >= 15 is 0 Å². The Morgan fingerprint density at radius 3 is 2.35 bits per heavy atom. The molecule has 4 aromatic rings. The molecule has 1 amide bonds. The van der Waals surface area contributed by atoms with Gasteiger partial charge in [0.05, 0.1) is 12.5 Å². The van der Waals surface area contributed by atoms with E-state index in [9.17, 15) is 9.59 Å². The Morgan fingerprint density at radius 2 is 1.68 bits per heavy atom. The van der Waals surface area contributed by atoms with E-state index in [1.54, 1.807) is 12.1 Å². The number of rotatable bonds is 12. The lowest BCUT2D eigenvalue weighted by Gasteiger charge is -2.21. The highest BCUT2D eigenvalue weighted by Crippen LogP contribution is 2.28. The number of anilines is 1. The fourth-order valence-corrected chi connectivity index (χ4v) is 3.94. The van der Waals surface area contributed by atoms with Crippen LogP contribution in [-0.4, -0.2) is 33.7 Å². The summed E-state index contributed by atoms with van der Waals surface area (Å²) >= 11 is 0. The van der Waals surface area contributed by atoms with Gasteiger partial charge in [-0.25, -0.2) is 0 Å². The monoisotopic (exact) mass is 498 g/mol. The van der Waals surface area contributed by atoms with E-state index in [0.29, 0.717) is 17.3 Å². The Morgan fingerprint density at radius 1 is 0.946 bits per heavy atom. The van der Waals surface area contributed by atoms with Crippen molar-refractivity contribution in [1.29, 1.82) is 0 Å². The van der Waals surface area contributed by atoms with Crippen molar-refractivity contribution < 1.29 is 19.2 Å². The fraction of sp³-hybridized carbons (Fsp3) is 0.241. The first kappa shape index (κ1) is 25.6. The number of carboxylic acids is 1. The fourth-order valence-electron chi connectivity index (χ4n) is 3.94. The van der Waals surface area contributed by atoms with Crippen LogP contribution >= 0.6 is 0 Å². The van der Waals surface area contributed by atoms with Crippen molar-refractivity contribution >= 4 is 17.6 Å². The van der Waals surface area contributed by atoms with E-state index < -0.39 is 5.97 Å². The average Bonchev–Trinajstić information content (AvgIpc) is 3.42. The van der Waals surface area contributed by atoms with Gasteiger partial charge in [-0.3, -0.25) is 9.59 Å². The molecule has 1 heterocycles. The Hall–Kier alpha value is -4.46. The SMILES string of the molecule is CCCCC(Nc1ccc(C(=O)NCCC(=O)O)cc1)c1ccc(-c2nc(-c3ccccc3)no2)cc1. The van der Waals surface area contributed by atoms with Crippen LogP contribution in [0.5, 0.6) is 0 Å². The van der Waals surface area contributed by atoms with Gasteiger partial charge in [0.2, 0.25) is 5.82 Å². The summed E-state index contributed by atoms with van der Waals surface area (Å²) in [6, 6.07) is 25.1. The lowest BCUT2D eigenvalue weighted by molar-refractivity contribution is -0.136. The molecule has 3 N–H and O–H groups in total. The highest BCUT2D eigenvalue weighted by atomic mass is 16.5. The van der Waals surface area contributed by atoms with Crippen LogP contribution in [0.1, 0.15) is 54.6 Å². The van der Waals surface area contributed by atoms with Gasteiger partial charge in [-0.05, 0) is 48.4 Å². The number of hydrogen-bond donors (Lipinski definition) is 3. The standard InChI is InChI=1S/C29H30N4O4/c1-2-3-9-25(31-24-16-14-22(15-17-24)28(36)30-19-18-26(34)35)20-10-12-23(13-11-20)29-32-27(33-37-29)21-7-5-4-6-8-21/h4-8,10-17,25,31H,2-3,9,18-19H2,1H3,(H,30,36)(H,34,35). The molecule has 8 heteroatoms. The Labute approximate surface area is 215 Å². The van der Waals surface area contributed by atoms with Crippen molar-refractivity contribution in [2.24, 2.45) is 0 Å². The predicted molar refractivity (Wildman–Crippen MR) is 142 cm³/mol. The predicted octanol–water partition coefficient (Wildman–Crippen LogP) is 5.95. The van der Waals surface area contributed by atoms with Gasteiger partial charge in [-0.2, -0.15) is 4.98 Å². The molecule has 8 nitrogen and oxygen atoms in total. The summed E-state index contributed by atoms with van der Waals surface area (Å²) in [5.74, 6) is -0.204. The van der Waals surface area contributed by atoms with Gasteiger partial charge in [-0.1, -0.05) is 67.4 Å². The summed E-state index contributed by atoms with van der Waals surface area (Å²) in [7, 11) is 0. The second-order valence-corrected chi connectivity index (χ2v) is 8.73. The molecule has 0 aliphatic carbocycles. The third kappa shape index (κ3) is 7.04. The van der Waals surface area contributed by atoms with Crippen LogP contribution in [0.2, 0.25) is 0 Å². The number of unbranched alkanes of at least 4 members (excludes halogenated alkanes) is 1. The molecule has 0 aliphatic heterocycles. The summed E-state index contributed by atoms with van der Waals surface area (Å²) in [5.41, 5.74) is 4.28. The number of amides is 1. The van der Waals surface area contributed by atoms with Crippen LogP contribution in [0.15, 0.2) is 83.4 Å². The highest BCUT2D eigenvalue weighted by molar-refractivity contribution is 5.94. The Bertz CT molecular complexity index is 1300. The maximum atomic E-state index is 12.2. The number of aromatic nitrogens is 2. The number of nitrogens with zero attached hydrogens (tertiary/aromatic N) is 2. The molecule has 0 fully saturated rings. The molecule has 0 bridgehead atoms. The third-order valence-electron chi connectivity index (χ3n) is 5.98.